The molecule has 1 aromatic rings. The molecule has 0 spiro atoms. The van der Waals surface area contributed by atoms with E-state index >= 15 is 0 Å². The Hall–Kier alpha value is -2.31. The highest BCUT2D eigenvalue weighted by atomic mass is 32.2. The number of benzene rings is 1. The first-order chi connectivity index (χ1) is 14.2. The van der Waals surface area contributed by atoms with Crippen molar-refractivity contribution in [1.29, 1.82) is 0 Å². The third-order valence-corrected chi connectivity index (χ3v) is 5.72. The molecule has 0 saturated heterocycles. The fourth-order valence-electron chi connectivity index (χ4n) is 3.06. The van der Waals surface area contributed by atoms with Gasteiger partial charge in [-0.2, -0.15) is 0 Å². The van der Waals surface area contributed by atoms with Gasteiger partial charge in [-0.05, 0) is 44.2 Å². The second kappa shape index (κ2) is 11.2. The molecule has 0 aromatic heterocycles. The minimum atomic E-state index is -3.96. The molecule has 2 rings (SSSR count). The van der Waals surface area contributed by atoms with Gasteiger partial charge in [0.1, 0.15) is 11.5 Å². The third kappa shape index (κ3) is 8.21. The molecule has 0 heterocycles. The average Bonchev–Trinajstić information content (AvgIpc) is 2.65. The molecule has 0 unspecified atom stereocenters. The molecule has 166 valence electrons. The Labute approximate surface area is 175 Å². The predicted octanol–water partition coefficient (Wildman–Crippen LogP) is 0.759. The van der Waals surface area contributed by atoms with Crippen LogP contribution in [0.25, 0.3) is 0 Å². The monoisotopic (exact) mass is 443 g/mol. The summed E-state index contributed by atoms with van der Waals surface area (Å²) in [6.07, 6.45) is 4.54. The lowest BCUT2D eigenvalue weighted by atomic mass is 9.97. The normalized spacial score (nSPS) is 14.6. The molecular formula is C18H26BNO9S. The van der Waals surface area contributed by atoms with Crippen LogP contribution in [0.5, 0.6) is 11.5 Å². The number of sulfonamides is 1. The Bertz CT molecular complexity index is 838. The van der Waals surface area contributed by atoms with Gasteiger partial charge in [-0.1, -0.05) is 6.42 Å². The lowest BCUT2D eigenvalue weighted by Gasteiger charge is -2.24. The van der Waals surface area contributed by atoms with E-state index in [9.17, 15) is 18.0 Å². The van der Waals surface area contributed by atoms with Gasteiger partial charge in [0, 0.05) is 13.0 Å². The zero-order chi connectivity index (χ0) is 22.1. The van der Waals surface area contributed by atoms with Crippen molar-refractivity contribution in [3.63, 3.8) is 0 Å². The summed E-state index contributed by atoms with van der Waals surface area (Å²) < 4.78 is 41.7. The SMILES string of the molecule is CC(=O)OCCCS(=O)(=O)NC(=O)c1ccc(OB(O)O)cc1OC1CCCCC1. The minimum Gasteiger partial charge on any atom is -0.512 e. The van der Waals surface area contributed by atoms with E-state index < -0.39 is 35.0 Å². The van der Waals surface area contributed by atoms with Gasteiger partial charge >= 0.3 is 13.3 Å². The molecule has 0 bridgehead atoms. The standard InChI is InChI=1S/C18H26BNO9S/c1-13(21)27-10-5-11-30(25,26)20-18(22)16-9-8-15(29-19(23)24)12-17(16)28-14-6-3-2-4-7-14/h8-9,12,14,23-24H,2-7,10-11H2,1H3,(H,20,22). The molecule has 0 atom stereocenters. The zero-order valence-corrected chi connectivity index (χ0v) is 17.5. The van der Waals surface area contributed by atoms with E-state index in [1.165, 1.54) is 25.1 Å². The first-order valence-electron chi connectivity index (χ1n) is 9.68. The van der Waals surface area contributed by atoms with Crippen LogP contribution in [-0.4, -0.2) is 56.1 Å². The van der Waals surface area contributed by atoms with E-state index in [1.807, 2.05) is 4.72 Å². The largest absolute Gasteiger partial charge is 0.707 e. The van der Waals surface area contributed by atoms with Crippen LogP contribution >= 0.6 is 0 Å². The molecule has 1 aromatic carbocycles. The summed E-state index contributed by atoms with van der Waals surface area (Å²) in [4.78, 5) is 23.3. The second-order valence-electron chi connectivity index (χ2n) is 6.92. The first kappa shape index (κ1) is 24.0. The molecule has 0 aliphatic heterocycles. The number of hydrogen-bond donors (Lipinski definition) is 3. The summed E-state index contributed by atoms with van der Waals surface area (Å²) >= 11 is 0. The number of carbonyl (C=O) groups is 2. The summed E-state index contributed by atoms with van der Waals surface area (Å²) in [5, 5.41) is 18.0. The lowest BCUT2D eigenvalue weighted by Crippen LogP contribution is -2.33. The van der Waals surface area contributed by atoms with Crippen molar-refractivity contribution in [2.75, 3.05) is 12.4 Å². The van der Waals surface area contributed by atoms with E-state index in [4.69, 9.17) is 19.4 Å². The lowest BCUT2D eigenvalue weighted by molar-refractivity contribution is -0.140. The van der Waals surface area contributed by atoms with Crippen LogP contribution in [0.3, 0.4) is 0 Å². The van der Waals surface area contributed by atoms with E-state index in [0.717, 1.165) is 32.1 Å². The van der Waals surface area contributed by atoms with Gasteiger partial charge < -0.3 is 24.2 Å². The topological polar surface area (TPSA) is 148 Å². The fraction of sp³-hybridized carbons (Fsp3) is 0.556. The van der Waals surface area contributed by atoms with Crippen LogP contribution in [0.2, 0.25) is 0 Å². The van der Waals surface area contributed by atoms with E-state index in [0.29, 0.717) is 0 Å². The van der Waals surface area contributed by atoms with E-state index in [2.05, 4.69) is 4.74 Å². The highest BCUT2D eigenvalue weighted by Gasteiger charge is 2.24. The Kier molecular flexibility index (Phi) is 8.94. The van der Waals surface area contributed by atoms with Crippen molar-refractivity contribution in [3.8, 4) is 11.5 Å². The van der Waals surface area contributed by atoms with E-state index in [1.54, 1.807) is 0 Å². The Morgan fingerprint density at radius 2 is 1.90 bits per heavy atom. The summed E-state index contributed by atoms with van der Waals surface area (Å²) in [5.41, 5.74) is -0.0242. The molecule has 3 N–H and O–H groups in total. The summed E-state index contributed by atoms with van der Waals surface area (Å²) in [6.45, 7) is 1.14. The molecule has 1 saturated carbocycles. The van der Waals surface area contributed by atoms with Crippen LogP contribution in [0, 0.1) is 0 Å². The van der Waals surface area contributed by atoms with Gasteiger partial charge in [-0.15, -0.1) is 0 Å². The van der Waals surface area contributed by atoms with Crippen LogP contribution < -0.4 is 14.1 Å². The maximum Gasteiger partial charge on any atom is 0.707 e. The molecule has 1 amide bonds. The van der Waals surface area contributed by atoms with Crippen molar-refractivity contribution in [2.24, 2.45) is 0 Å². The van der Waals surface area contributed by atoms with Gasteiger partial charge in [0.2, 0.25) is 10.0 Å². The van der Waals surface area contributed by atoms with E-state index in [-0.39, 0.29) is 36.2 Å². The molecule has 30 heavy (non-hydrogen) atoms. The molecular weight excluding hydrogens is 417 g/mol. The number of hydrogen-bond acceptors (Lipinski definition) is 9. The average molecular weight is 443 g/mol. The Morgan fingerprint density at radius 3 is 2.53 bits per heavy atom. The number of esters is 1. The van der Waals surface area contributed by atoms with Crippen LogP contribution in [0.1, 0.15) is 55.8 Å². The van der Waals surface area contributed by atoms with Crippen molar-refractivity contribution >= 4 is 29.2 Å². The minimum absolute atomic E-state index is 0.0242. The van der Waals surface area contributed by atoms with Crippen LogP contribution in [-0.2, 0) is 19.6 Å². The van der Waals surface area contributed by atoms with Gasteiger partial charge in [-0.3, -0.25) is 9.59 Å². The highest BCUT2D eigenvalue weighted by molar-refractivity contribution is 7.90. The van der Waals surface area contributed by atoms with Crippen molar-refractivity contribution in [3.05, 3.63) is 23.8 Å². The molecule has 12 heteroatoms. The second-order valence-corrected chi connectivity index (χ2v) is 8.77. The quantitative estimate of drug-likeness (QED) is 0.271. The third-order valence-electron chi connectivity index (χ3n) is 4.40. The number of nitrogens with one attached hydrogen (secondary N) is 1. The van der Waals surface area contributed by atoms with Crippen molar-refractivity contribution < 1.29 is 42.2 Å². The summed E-state index contributed by atoms with van der Waals surface area (Å²) in [7, 11) is -6.01. The van der Waals surface area contributed by atoms with Gasteiger partial charge in [0.15, 0.2) is 0 Å². The predicted molar refractivity (Wildman–Crippen MR) is 107 cm³/mol. The highest BCUT2D eigenvalue weighted by Crippen LogP contribution is 2.30. The summed E-state index contributed by atoms with van der Waals surface area (Å²) in [5.74, 6) is -1.66. The molecule has 1 aliphatic carbocycles. The van der Waals surface area contributed by atoms with Crippen molar-refractivity contribution in [2.45, 2.75) is 51.6 Å². The molecule has 10 nitrogen and oxygen atoms in total. The van der Waals surface area contributed by atoms with Gasteiger partial charge in [0.25, 0.3) is 5.91 Å². The number of carbonyl (C=O) groups excluding carboxylic acids is 2. The first-order valence-corrected chi connectivity index (χ1v) is 11.3. The Morgan fingerprint density at radius 1 is 1.20 bits per heavy atom. The number of rotatable bonds is 10. The Balaban J connectivity index is 2.12. The molecule has 1 aliphatic rings. The molecule has 1 fully saturated rings. The number of ether oxygens (including phenoxy) is 2. The fourth-order valence-corrected chi connectivity index (χ4v) is 4.05. The van der Waals surface area contributed by atoms with Gasteiger partial charge in [-0.25, -0.2) is 13.1 Å². The van der Waals surface area contributed by atoms with Crippen LogP contribution in [0.15, 0.2) is 18.2 Å². The van der Waals surface area contributed by atoms with Crippen molar-refractivity contribution in [1.82, 2.24) is 4.72 Å². The maximum atomic E-state index is 12.6. The maximum absolute atomic E-state index is 12.6. The zero-order valence-electron chi connectivity index (χ0n) is 16.7. The summed E-state index contributed by atoms with van der Waals surface area (Å²) in [6, 6.07) is 3.91. The molecule has 0 radical (unpaired) electrons. The van der Waals surface area contributed by atoms with Crippen LogP contribution in [0.4, 0.5) is 0 Å². The number of amides is 1. The smallest absolute Gasteiger partial charge is 0.512 e. The van der Waals surface area contributed by atoms with Gasteiger partial charge in [0.05, 0.1) is 24.0 Å².